The van der Waals surface area contributed by atoms with Crippen LogP contribution in [0.1, 0.15) is 59.8 Å². The highest BCUT2D eigenvalue weighted by Gasteiger charge is 2.41. The first kappa shape index (κ1) is 36.0. The van der Waals surface area contributed by atoms with Crippen LogP contribution < -0.4 is 10.6 Å². The van der Waals surface area contributed by atoms with E-state index in [-0.39, 0.29) is 48.7 Å². The summed E-state index contributed by atoms with van der Waals surface area (Å²) in [5.41, 5.74) is 1.07. The molecule has 0 aromatic rings. The predicted molar refractivity (Wildman–Crippen MR) is 161 cm³/mol. The van der Waals surface area contributed by atoms with Crippen molar-refractivity contribution in [1.29, 1.82) is 0 Å². The van der Waals surface area contributed by atoms with Crippen molar-refractivity contribution >= 4 is 24.1 Å². The van der Waals surface area contributed by atoms with Crippen molar-refractivity contribution in [3.8, 4) is 0 Å². The Labute approximate surface area is 246 Å². The lowest BCUT2D eigenvalue weighted by Crippen LogP contribution is -2.54. The van der Waals surface area contributed by atoms with Gasteiger partial charge in [-0.3, -0.25) is 19.2 Å². The van der Waals surface area contributed by atoms with E-state index < -0.39 is 18.1 Å². The molecule has 0 radical (unpaired) electrons. The molecule has 1 saturated heterocycles. The fraction of sp³-hybridized carbons (Fsp3) is 0.677. The molecule has 6 unspecified atom stereocenters. The Balaban J connectivity index is 2.99. The van der Waals surface area contributed by atoms with Crippen LogP contribution in [0, 0.1) is 11.8 Å². The number of rotatable bonds is 19. The second-order valence-corrected chi connectivity index (χ2v) is 10.7. The molecule has 1 rings (SSSR count). The Morgan fingerprint density at radius 2 is 1.90 bits per heavy atom. The maximum Gasteiger partial charge on any atom is 0.242 e. The maximum atomic E-state index is 13.7. The van der Waals surface area contributed by atoms with Crippen molar-refractivity contribution in [3.05, 3.63) is 36.5 Å². The molecule has 0 aromatic heterocycles. The third-order valence-electron chi connectivity index (χ3n) is 8.07. The van der Waals surface area contributed by atoms with E-state index in [2.05, 4.69) is 17.2 Å². The Morgan fingerprint density at radius 3 is 2.46 bits per heavy atom. The lowest BCUT2D eigenvalue weighted by atomic mass is 9.90. The summed E-state index contributed by atoms with van der Waals surface area (Å²) >= 11 is 0. The van der Waals surface area contributed by atoms with E-state index >= 15 is 0 Å². The number of nitrogens with one attached hydrogen (secondary N) is 2. The molecule has 0 aliphatic carbocycles. The van der Waals surface area contributed by atoms with Gasteiger partial charge in [0.2, 0.25) is 24.1 Å². The first-order valence-electron chi connectivity index (χ1n) is 14.6. The highest BCUT2D eigenvalue weighted by molar-refractivity contribution is 5.81. The van der Waals surface area contributed by atoms with Crippen LogP contribution >= 0.6 is 0 Å². The van der Waals surface area contributed by atoms with E-state index in [9.17, 15) is 19.2 Å². The van der Waals surface area contributed by atoms with Gasteiger partial charge in [0.15, 0.2) is 0 Å². The first-order chi connectivity index (χ1) is 19.6. The molecule has 0 aromatic carbocycles. The van der Waals surface area contributed by atoms with Gasteiger partial charge in [0.05, 0.1) is 43.2 Å². The number of hydrogen-bond donors (Lipinski definition) is 2. The Hall–Kier alpha value is -2.98. The number of carbonyl (C=O) groups is 4. The molecule has 1 heterocycles. The first-order valence-corrected chi connectivity index (χ1v) is 14.6. The highest BCUT2D eigenvalue weighted by Crippen LogP contribution is 2.29. The summed E-state index contributed by atoms with van der Waals surface area (Å²) in [5, 5.41) is 5.42. The van der Waals surface area contributed by atoms with Gasteiger partial charge in [-0.05, 0) is 37.7 Å². The third kappa shape index (κ3) is 10.7. The molecule has 1 aliphatic heterocycles. The number of carbonyl (C=O) groups excluding carboxylic acids is 4. The normalized spacial score (nSPS) is 19.2. The zero-order valence-electron chi connectivity index (χ0n) is 26.1. The molecule has 1 aliphatic rings. The van der Waals surface area contributed by atoms with Crippen molar-refractivity contribution in [3.63, 3.8) is 0 Å². The van der Waals surface area contributed by atoms with Crippen LogP contribution in [0.4, 0.5) is 0 Å². The van der Waals surface area contributed by atoms with Gasteiger partial charge >= 0.3 is 0 Å². The number of likely N-dealkylation sites (tertiary alicyclic amines) is 1. The SMILES string of the molecule is C=C/C=C(\C=C/C)CCNC(=O)C(C)C(OC)C1CCCN1C(=O)CC(OC)C(C(C)CC)N(C)C(=O)CNC=O. The molecular formula is C31H52N4O6. The van der Waals surface area contributed by atoms with Crippen molar-refractivity contribution < 1.29 is 28.7 Å². The molecule has 4 amide bonds. The highest BCUT2D eigenvalue weighted by atomic mass is 16.5. The van der Waals surface area contributed by atoms with Gasteiger partial charge in [-0.25, -0.2) is 0 Å². The van der Waals surface area contributed by atoms with Gasteiger partial charge in [-0.1, -0.05) is 58.1 Å². The summed E-state index contributed by atoms with van der Waals surface area (Å²) in [4.78, 5) is 53.6. The minimum absolute atomic E-state index is 0.0532. The topological polar surface area (TPSA) is 117 Å². The van der Waals surface area contributed by atoms with Crippen molar-refractivity contribution in [2.24, 2.45) is 11.8 Å². The Bertz CT molecular complexity index is 920. The molecular weight excluding hydrogens is 524 g/mol. The number of amides is 4. The summed E-state index contributed by atoms with van der Waals surface area (Å²) in [6, 6.07) is -0.607. The Morgan fingerprint density at radius 1 is 1.20 bits per heavy atom. The Kier molecular flexibility index (Phi) is 16.9. The zero-order chi connectivity index (χ0) is 30.9. The number of hydrogen-bond acceptors (Lipinski definition) is 6. The number of allylic oxidation sites excluding steroid dienone is 4. The summed E-state index contributed by atoms with van der Waals surface area (Å²) in [7, 11) is 4.81. The second-order valence-electron chi connectivity index (χ2n) is 10.7. The van der Waals surface area contributed by atoms with Crippen LogP contribution in [0.3, 0.4) is 0 Å². The summed E-state index contributed by atoms with van der Waals surface area (Å²) < 4.78 is 11.6. The molecule has 10 heteroatoms. The molecule has 0 saturated carbocycles. The number of nitrogens with zero attached hydrogens (tertiary/aromatic N) is 2. The average molecular weight is 577 g/mol. The fourth-order valence-corrected chi connectivity index (χ4v) is 5.66. The molecule has 0 bridgehead atoms. The molecule has 0 spiro atoms. The second kappa shape index (κ2) is 19.2. The maximum absolute atomic E-state index is 13.7. The van der Waals surface area contributed by atoms with E-state index in [1.807, 2.05) is 50.8 Å². The molecule has 1 fully saturated rings. The number of methoxy groups -OCH3 is 2. The van der Waals surface area contributed by atoms with E-state index in [1.54, 1.807) is 32.2 Å². The van der Waals surface area contributed by atoms with Crippen LogP contribution in [0.25, 0.3) is 0 Å². The molecule has 6 atom stereocenters. The lowest BCUT2D eigenvalue weighted by molar-refractivity contribution is -0.145. The van der Waals surface area contributed by atoms with Crippen LogP contribution in [0.15, 0.2) is 36.5 Å². The van der Waals surface area contributed by atoms with Crippen molar-refractivity contribution in [1.82, 2.24) is 20.4 Å². The summed E-state index contributed by atoms with van der Waals surface area (Å²) in [6.07, 6.45) is 10.2. The minimum Gasteiger partial charge on any atom is -0.379 e. The van der Waals surface area contributed by atoms with Crippen LogP contribution in [0.5, 0.6) is 0 Å². The van der Waals surface area contributed by atoms with Gasteiger partial charge in [0.1, 0.15) is 0 Å². The van der Waals surface area contributed by atoms with Crippen LogP contribution in [-0.4, -0.2) is 99.1 Å². The van der Waals surface area contributed by atoms with E-state index in [1.165, 1.54) is 0 Å². The minimum atomic E-state index is -0.541. The average Bonchev–Trinajstić information content (AvgIpc) is 3.45. The molecule has 10 nitrogen and oxygen atoms in total. The molecule has 2 N–H and O–H groups in total. The third-order valence-corrected chi connectivity index (χ3v) is 8.07. The van der Waals surface area contributed by atoms with Crippen molar-refractivity contribution in [2.45, 2.75) is 84.1 Å². The number of likely N-dealkylation sites (N-methyl/N-ethyl adjacent to an activating group) is 1. The smallest absolute Gasteiger partial charge is 0.242 e. The van der Waals surface area contributed by atoms with Crippen molar-refractivity contribution in [2.75, 3.05) is 40.9 Å². The molecule has 41 heavy (non-hydrogen) atoms. The monoisotopic (exact) mass is 576 g/mol. The van der Waals surface area contributed by atoms with Gasteiger partial charge in [0.25, 0.3) is 0 Å². The fourth-order valence-electron chi connectivity index (χ4n) is 5.66. The quantitative estimate of drug-likeness (QED) is 0.180. The van der Waals surface area contributed by atoms with Crippen LogP contribution in [-0.2, 0) is 28.7 Å². The summed E-state index contributed by atoms with van der Waals surface area (Å²) in [6.45, 7) is 12.5. The van der Waals surface area contributed by atoms with Crippen LogP contribution in [0.2, 0.25) is 0 Å². The van der Waals surface area contributed by atoms with E-state index in [0.29, 0.717) is 25.9 Å². The van der Waals surface area contributed by atoms with Gasteiger partial charge < -0.3 is 29.9 Å². The van der Waals surface area contributed by atoms with Gasteiger partial charge in [0, 0.05) is 34.4 Å². The molecule has 232 valence electrons. The van der Waals surface area contributed by atoms with E-state index in [0.717, 1.165) is 24.8 Å². The largest absolute Gasteiger partial charge is 0.379 e. The predicted octanol–water partition coefficient (Wildman–Crippen LogP) is 2.85. The number of ether oxygens (including phenoxy) is 2. The lowest BCUT2D eigenvalue weighted by Gasteiger charge is -2.39. The zero-order valence-corrected chi connectivity index (χ0v) is 26.1. The van der Waals surface area contributed by atoms with Gasteiger partial charge in [-0.2, -0.15) is 0 Å². The summed E-state index contributed by atoms with van der Waals surface area (Å²) in [5.74, 6) is -0.887. The van der Waals surface area contributed by atoms with E-state index in [4.69, 9.17) is 9.47 Å². The van der Waals surface area contributed by atoms with Gasteiger partial charge in [-0.15, -0.1) is 0 Å². The standard InChI is InChI=1S/C31H52N4O6/c1-9-13-24(14-10-2)16-17-33-31(39)23(5)30(41-8)25-15-12-18-35(25)27(37)19-26(40-7)29(22(4)11-3)34(6)28(38)20-32-21-36/h9-10,13-14,21-23,25-26,29-30H,1,11-12,15-20H2,2-8H3,(H,32,36)(H,33,39)/b14-10-,24-13+.